The fraction of sp³-hybridized carbons (Fsp3) is 0.538. The molecule has 0 unspecified atom stereocenters. The Balaban J connectivity index is 2.05. The number of nitrogens with zero attached hydrogens (tertiary/aromatic N) is 3. The van der Waals surface area contributed by atoms with Gasteiger partial charge in [-0.25, -0.2) is 13.0 Å². The quantitative estimate of drug-likeness (QED) is 0.845. The van der Waals surface area contributed by atoms with Crippen molar-refractivity contribution in [1.82, 2.24) is 14.6 Å². The Labute approximate surface area is 117 Å². The minimum absolute atomic E-state index is 0.178. The van der Waals surface area contributed by atoms with Gasteiger partial charge in [0, 0.05) is 13.1 Å². The van der Waals surface area contributed by atoms with Crippen LogP contribution in [0.4, 0.5) is 0 Å². The molecular weight excluding hydrogens is 278 g/mol. The number of rotatable bonds is 2. The van der Waals surface area contributed by atoms with Gasteiger partial charge in [-0.15, -0.1) is 0 Å². The fourth-order valence-corrected chi connectivity index (χ4v) is 4.75. The lowest BCUT2D eigenvalue weighted by Gasteiger charge is -2.33. The molecule has 3 rings (SSSR count). The van der Waals surface area contributed by atoms with Crippen LogP contribution in [-0.2, 0) is 10.0 Å². The maximum absolute atomic E-state index is 12.8. The van der Waals surface area contributed by atoms with E-state index in [0.29, 0.717) is 36.0 Å². The second kappa shape index (κ2) is 4.82. The minimum atomic E-state index is -3.55. The third-order valence-electron chi connectivity index (χ3n) is 3.70. The molecule has 1 aromatic carbocycles. The van der Waals surface area contributed by atoms with Crippen LogP contribution in [0.2, 0.25) is 0 Å². The summed E-state index contributed by atoms with van der Waals surface area (Å²) in [6.07, 6.45) is 1.06. The number of sulfonamides is 1. The number of hydrogen-bond acceptors (Lipinski definition) is 5. The summed E-state index contributed by atoms with van der Waals surface area (Å²) >= 11 is 0. The molecule has 0 amide bonds. The number of piperidine rings is 1. The van der Waals surface area contributed by atoms with E-state index in [1.807, 2.05) is 0 Å². The third-order valence-corrected chi connectivity index (χ3v) is 5.57. The van der Waals surface area contributed by atoms with E-state index in [4.69, 9.17) is 0 Å². The number of benzene rings is 1. The molecule has 108 valence electrons. The van der Waals surface area contributed by atoms with Gasteiger partial charge in [-0.3, -0.25) is 0 Å². The molecule has 7 heteroatoms. The molecule has 1 aliphatic rings. The van der Waals surface area contributed by atoms with Crippen LogP contribution in [0.5, 0.6) is 0 Å². The van der Waals surface area contributed by atoms with Gasteiger partial charge < -0.3 is 0 Å². The van der Waals surface area contributed by atoms with Crippen molar-refractivity contribution in [1.29, 1.82) is 0 Å². The van der Waals surface area contributed by atoms with E-state index in [0.717, 1.165) is 6.42 Å². The maximum atomic E-state index is 12.8. The van der Waals surface area contributed by atoms with Crippen molar-refractivity contribution in [2.45, 2.75) is 25.2 Å². The van der Waals surface area contributed by atoms with Crippen molar-refractivity contribution < 1.29 is 13.0 Å². The molecule has 2 heterocycles. The topological polar surface area (TPSA) is 76.3 Å². The van der Waals surface area contributed by atoms with E-state index in [2.05, 4.69) is 28.8 Å². The smallest absolute Gasteiger partial charge is 0.243 e. The van der Waals surface area contributed by atoms with E-state index < -0.39 is 10.0 Å². The van der Waals surface area contributed by atoms with Crippen molar-refractivity contribution in [3.63, 3.8) is 0 Å². The van der Waals surface area contributed by atoms with Crippen LogP contribution in [-0.4, -0.2) is 36.1 Å². The van der Waals surface area contributed by atoms with Gasteiger partial charge in [0.1, 0.15) is 10.4 Å². The molecule has 6 nitrogen and oxygen atoms in total. The first kappa shape index (κ1) is 13.5. The minimum Gasteiger partial charge on any atom is -0.243 e. The van der Waals surface area contributed by atoms with Gasteiger partial charge in [0.15, 0.2) is 5.52 Å². The van der Waals surface area contributed by atoms with Crippen LogP contribution in [0.15, 0.2) is 27.7 Å². The summed E-state index contributed by atoms with van der Waals surface area (Å²) in [6, 6.07) is 4.91. The number of fused-ring (bicyclic) bond motifs is 1. The molecule has 0 N–H and O–H groups in total. The largest absolute Gasteiger partial charge is 0.245 e. The second-order valence-corrected chi connectivity index (χ2v) is 7.56. The van der Waals surface area contributed by atoms with Crippen LogP contribution in [0.1, 0.15) is 20.3 Å². The molecular formula is C13H17N3O3S. The standard InChI is InChI=1S/C13H17N3O3S/c1-9-6-10(2)8-16(7-9)20(17,18)12-5-3-4-11-13(12)15-19-14-11/h3-5,9-10H,6-8H2,1-2H3/t9-,10-/m1/s1. The van der Waals surface area contributed by atoms with Gasteiger partial charge >= 0.3 is 0 Å². The summed E-state index contributed by atoms with van der Waals surface area (Å²) < 4.78 is 31.8. The van der Waals surface area contributed by atoms with Crippen LogP contribution >= 0.6 is 0 Å². The molecule has 0 bridgehead atoms. The van der Waals surface area contributed by atoms with E-state index >= 15 is 0 Å². The van der Waals surface area contributed by atoms with Gasteiger partial charge in [-0.2, -0.15) is 4.31 Å². The maximum Gasteiger partial charge on any atom is 0.245 e. The lowest BCUT2D eigenvalue weighted by atomic mass is 9.94. The first-order chi connectivity index (χ1) is 9.48. The van der Waals surface area contributed by atoms with Gasteiger partial charge in [0.25, 0.3) is 0 Å². The van der Waals surface area contributed by atoms with Crippen molar-refractivity contribution in [3.8, 4) is 0 Å². The SMILES string of the molecule is C[C@@H]1C[C@@H](C)CN(S(=O)(=O)c2cccc3nonc23)C1. The Morgan fingerprint density at radius 3 is 2.60 bits per heavy atom. The molecule has 20 heavy (non-hydrogen) atoms. The summed E-state index contributed by atoms with van der Waals surface area (Å²) in [5.41, 5.74) is 0.766. The highest BCUT2D eigenvalue weighted by atomic mass is 32.2. The zero-order chi connectivity index (χ0) is 14.3. The van der Waals surface area contributed by atoms with E-state index in [9.17, 15) is 8.42 Å². The monoisotopic (exact) mass is 295 g/mol. The molecule has 1 fully saturated rings. The average molecular weight is 295 g/mol. The summed E-state index contributed by atoms with van der Waals surface area (Å²) in [5, 5.41) is 7.42. The van der Waals surface area contributed by atoms with Crippen molar-refractivity contribution in [3.05, 3.63) is 18.2 Å². The number of hydrogen-bond donors (Lipinski definition) is 0. The molecule has 1 saturated heterocycles. The first-order valence-electron chi connectivity index (χ1n) is 6.70. The molecule has 0 radical (unpaired) electrons. The van der Waals surface area contributed by atoms with Crippen LogP contribution < -0.4 is 0 Å². The average Bonchev–Trinajstić information content (AvgIpc) is 2.85. The molecule has 1 aliphatic heterocycles. The first-order valence-corrected chi connectivity index (χ1v) is 8.14. The lowest BCUT2D eigenvalue weighted by Crippen LogP contribution is -2.42. The summed E-state index contributed by atoms with van der Waals surface area (Å²) in [5.74, 6) is 0.728. The molecule has 1 aromatic heterocycles. The summed E-state index contributed by atoms with van der Waals surface area (Å²) in [4.78, 5) is 0.178. The molecule has 2 atom stereocenters. The van der Waals surface area contributed by atoms with E-state index in [1.165, 1.54) is 0 Å². The normalized spacial score (nSPS) is 25.1. The van der Waals surface area contributed by atoms with Crippen LogP contribution in [0.25, 0.3) is 11.0 Å². The Bertz CT molecular complexity index is 715. The van der Waals surface area contributed by atoms with Gasteiger partial charge in [-0.05, 0) is 40.7 Å². The fourth-order valence-electron chi connectivity index (χ4n) is 2.93. The van der Waals surface area contributed by atoms with E-state index in [1.54, 1.807) is 22.5 Å². The van der Waals surface area contributed by atoms with Gasteiger partial charge in [0.05, 0.1) is 0 Å². The van der Waals surface area contributed by atoms with Gasteiger partial charge in [-0.1, -0.05) is 19.9 Å². The molecule has 0 saturated carbocycles. The Morgan fingerprint density at radius 2 is 1.90 bits per heavy atom. The predicted octanol–water partition coefficient (Wildman–Crippen LogP) is 1.89. The Kier molecular flexibility index (Phi) is 3.25. The van der Waals surface area contributed by atoms with Crippen molar-refractivity contribution >= 4 is 21.1 Å². The lowest BCUT2D eigenvalue weighted by molar-refractivity contribution is 0.222. The Morgan fingerprint density at radius 1 is 1.20 bits per heavy atom. The molecule has 0 aliphatic carbocycles. The predicted molar refractivity (Wildman–Crippen MR) is 73.5 cm³/mol. The Hall–Kier alpha value is -1.47. The van der Waals surface area contributed by atoms with Crippen LogP contribution in [0.3, 0.4) is 0 Å². The van der Waals surface area contributed by atoms with Crippen molar-refractivity contribution in [2.75, 3.05) is 13.1 Å². The molecule has 0 spiro atoms. The molecule has 2 aromatic rings. The summed E-state index contributed by atoms with van der Waals surface area (Å²) in [6.45, 7) is 5.26. The highest BCUT2D eigenvalue weighted by Crippen LogP contribution is 2.29. The van der Waals surface area contributed by atoms with E-state index in [-0.39, 0.29) is 4.90 Å². The zero-order valence-corrected chi connectivity index (χ0v) is 12.3. The number of aromatic nitrogens is 2. The highest BCUT2D eigenvalue weighted by molar-refractivity contribution is 7.89. The van der Waals surface area contributed by atoms with Crippen LogP contribution in [0, 0.1) is 11.8 Å². The third kappa shape index (κ3) is 2.20. The summed E-state index contributed by atoms with van der Waals surface area (Å²) in [7, 11) is -3.55. The zero-order valence-electron chi connectivity index (χ0n) is 11.5. The van der Waals surface area contributed by atoms with Crippen molar-refractivity contribution in [2.24, 2.45) is 11.8 Å². The second-order valence-electron chi connectivity index (χ2n) is 5.66. The van der Waals surface area contributed by atoms with Gasteiger partial charge in [0.2, 0.25) is 10.0 Å². The highest BCUT2D eigenvalue weighted by Gasteiger charge is 2.33.